The van der Waals surface area contributed by atoms with Gasteiger partial charge in [0, 0.05) is 10.9 Å². The van der Waals surface area contributed by atoms with Gasteiger partial charge < -0.3 is 0 Å². The van der Waals surface area contributed by atoms with Crippen molar-refractivity contribution >= 4 is 37.3 Å². The van der Waals surface area contributed by atoms with E-state index >= 15 is 0 Å². The first-order valence-corrected chi connectivity index (χ1v) is 9.07. The molecule has 1 saturated carbocycles. The Bertz CT molecular complexity index is 444. The normalized spacial score (nSPS) is 26.6. The van der Waals surface area contributed by atoms with Crippen LogP contribution < -0.4 is 4.72 Å². The van der Waals surface area contributed by atoms with Gasteiger partial charge in [0.25, 0.3) is 0 Å². The van der Waals surface area contributed by atoms with Crippen LogP contribution in [0.15, 0.2) is 21.7 Å². The molecule has 0 bridgehead atoms. The van der Waals surface area contributed by atoms with E-state index in [0.717, 1.165) is 19.3 Å². The Kier molecular flexibility index (Phi) is 4.63. The molecule has 1 aliphatic carbocycles. The molecule has 2 unspecified atom stereocenters. The van der Waals surface area contributed by atoms with Gasteiger partial charge in [0.2, 0.25) is 10.0 Å². The van der Waals surface area contributed by atoms with Gasteiger partial charge in [-0.25, -0.2) is 13.1 Å². The molecule has 96 valence electrons. The number of hydrogen-bond acceptors (Lipinski definition) is 3. The maximum Gasteiger partial charge on any atom is 0.250 e. The molecule has 17 heavy (non-hydrogen) atoms. The van der Waals surface area contributed by atoms with Crippen LogP contribution >= 0.6 is 27.3 Å². The van der Waals surface area contributed by atoms with Crippen LogP contribution in [0.5, 0.6) is 0 Å². The second kappa shape index (κ2) is 5.82. The standard InChI is InChI=1S/C11H16BrNO2S2/c12-9-5-2-1-3-6-10(9)13-17(14,15)11-7-4-8-16-11/h4,7-10,13H,1-3,5-6H2. The summed E-state index contributed by atoms with van der Waals surface area (Å²) in [5, 5.41) is 1.78. The predicted octanol–water partition coefficient (Wildman–Crippen LogP) is 3.12. The maximum atomic E-state index is 12.1. The van der Waals surface area contributed by atoms with Crippen LogP contribution in [0.2, 0.25) is 0 Å². The van der Waals surface area contributed by atoms with Gasteiger partial charge in [0.15, 0.2) is 0 Å². The predicted molar refractivity (Wildman–Crippen MR) is 74.2 cm³/mol. The molecule has 0 radical (unpaired) electrons. The Morgan fingerprint density at radius 3 is 2.76 bits per heavy atom. The molecule has 1 heterocycles. The quantitative estimate of drug-likeness (QED) is 0.680. The van der Waals surface area contributed by atoms with E-state index in [1.54, 1.807) is 17.5 Å². The zero-order chi connectivity index (χ0) is 12.3. The highest BCUT2D eigenvalue weighted by Crippen LogP contribution is 2.25. The zero-order valence-corrected chi connectivity index (χ0v) is 12.7. The van der Waals surface area contributed by atoms with E-state index in [0.29, 0.717) is 4.21 Å². The van der Waals surface area contributed by atoms with Crippen LogP contribution in [0.3, 0.4) is 0 Å². The SMILES string of the molecule is O=S(=O)(NC1CCCCCC1Br)c1cccs1. The van der Waals surface area contributed by atoms with Crippen molar-refractivity contribution in [1.82, 2.24) is 4.72 Å². The molecular formula is C11H16BrNO2S2. The molecule has 0 aromatic carbocycles. The number of sulfonamides is 1. The van der Waals surface area contributed by atoms with Crippen LogP contribution in [-0.4, -0.2) is 19.3 Å². The molecule has 2 rings (SSSR count). The smallest absolute Gasteiger partial charge is 0.206 e. The van der Waals surface area contributed by atoms with Gasteiger partial charge in [-0.15, -0.1) is 11.3 Å². The number of nitrogens with one attached hydrogen (secondary N) is 1. The van der Waals surface area contributed by atoms with E-state index in [1.165, 1.54) is 24.2 Å². The lowest BCUT2D eigenvalue weighted by Crippen LogP contribution is -2.39. The van der Waals surface area contributed by atoms with Crippen LogP contribution in [0.25, 0.3) is 0 Å². The zero-order valence-electron chi connectivity index (χ0n) is 9.43. The molecule has 1 fully saturated rings. The molecular weight excluding hydrogens is 322 g/mol. The lowest BCUT2D eigenvalue weighted by atomic mass is 10.1. The number of hydrogen-bond donors (Lipinski definition) is 1. The fourth-order valence-electron chi connectivity index (χ4n) is 2.07. The van der Waals surface area contributed by atoms with Crippen molar-refractivity contribution in [3.8, 4) is 0 Å². The Balaban J connectivity index is 2.09. The molecule has 1 N–H and O–H groups in total. The van der Waals surface area contributed by atoms with E-state index < -0.39 is 10.0 Å². The maximum absolute atomic E-state index is 12.1. The minimum absolute atomic E-state index is 0.0181. The second-order valence-corrected chi connectivity index (χ2v) is 8.38. The van der Waals surface area contributed by atoms with Gasteiger partial charge in [0.05, 0.1) is 0 Å². The monoisotopic (exact) mass is 337 g/mol. The molecule has 6 heteroatoms. The topological polar surface area (TPSA) is 46.2 Å². The van der Waals surface area contributed by atoms with Crippen molar-refractivity contribution in [2.24, 2.45) is 0 Å². The Morgan fingerprint density at radius 2 is 2.06 bits per heavy atom. The molecule has 0 amide bonds. The summed E-state index contributed by atoms with van der Waals surface area (Å²) in [7, 11) is -3.33. The summed E-state index contributed by atoms with van der Waals surface area (Å²) in [4.78, 5) is 0.250. The van der Waals surface area contributed by atoms with Gasteiger partial charge in [0.1, 0.15) is 4.21 Å². The fraction of sp³-hybridized carbons (Fsp3) is 0.636. The van der Waals surface area contributed by atoms with Crippen LogP contribution in [0.4, 0.5) is 0 Å². The highest BCUT2D eigenvalue weighted by atomic mass is 79.9. The first kappa shape index (κ1) is 13.5. The third-order valence-electron chi connectivity index (χ3n) is 3.00. The van der Waals surface area contributed by atoms with E-state index in [4.69, 9.17) is 0 Å². The lowest BCUT2D eigenvalue weighted by molar-refractivity contribution is 0.522. The highest BCUT2D eigenvalue weighted by Gasteiger charge is 2.27. The van der Waals surface area contributed by atoms with E-state index in [-0.39, 0.29) is 10.9 Å². The van der Waals surface area contributed by atoms with Crippen molar-refractivity contribution in [2.45, 2.75) is 47.2 Å². The highest BCUT2D eigenvalue weighted by molar-refractivity contribution is 9.09. The minimum Gasteiger partial charge on any atom is -0.206 e. The van der Waals surface area contributed by atoms with Crippen molar-refractivity contribution < 1.29 is 8.42 Å². The summed E-state index contributed by atoms with van der Waals surface area (Å²) in [6.07, 6.45) is 5.42. The van der Waals surface area contributed by atoms with Gasteiger partial charge in [-0.2, -0.15) is 0 Å². The fourth-order valence-corrected chi connectivity index (χ4v) is 5.28. The molecule has 0 saturated heterocycles. The largest absolute Gasteiger partial charge is 0.250 e. The lowest BCUT2D eigenvalue weighted by Gasteiger charge is -2.20. The first-order chi connectivity index (χ1) is 8.09. The van der Waals surface area contributed by atoms with Crippen molar-refractivity contribution in [1.29, 1.82) is 0 Å². The van der Waals surface area contributed by atoms with Crippen molar-refractivity contribution in [2.75, 3.05) is 0 Å². The molecule has 2 atom stereocenters. The summed E-state index contributed by atoms with van der Waals surface area (Å²) in [6, 6.07) is 3.43. The molecule has 0 spiro atoms. The van der Waals surface area contributed by atoms with Gasteiger partial charge in [-0.3, -0.25) is 0 Å². The average molecular weight is 338 g/mol. The summed E-state index contributed by atoms with van der Waals surface area (Å²) >= 11 is 4.86. The molecule has 3 nitrogen and oxygen atoms in total. The number of alkyl halides is 1. The van der Waals surface area contributed by atoms with E-state index in [9.17, 15) is 8.42 Å². The third kappa shape index (κ3) is 3.53. The minimum atomic E-state index is -3.33. The number of thiophene rings is 1. The van der Waals surface area contributed by atoms with E-state index in [2.05, 4.69) is 20.7 Å². The summed E-state index contributed by atoms with van der Waals surface area (Å²) < 4.78 is 27.4. The molecule has 1 aromatic heterocycles. The van der Waals surface area contributed by atoms with Crippen molar-refractivity contribution in [3.05, 3.63) is 17.5 Å². The van der Waals surface area contributed by atoms with Crippen LogP contribution in [0, 0.1) is 0 Å². The Morgan fingerprint density at radius 1 is 1.29 bits per heavy atom. The average Bonchev–Trinajstić information content (AvgIpc) is 2.74. The van der Waals surface area contributed by atoms with Crippen LogP contribution in [0.1, 0.15) is 32.1 Å². The molecule has 1 aromatic rings. The van der Waals surface area contributed by atoms with Crippen LogP contribution in [-0.2, 0) is 10.0 Å². The second-order valence-electron chi connectivity index (χ2n) is 4.31. The van der Waals surface area contributed by atoms with Crippen molar-refractivity contribution in [3.63, 3.8) is 0 Å². The van der Waals surface area contributed by atoms with E-state index in [1.807, 2.05) is 0 Å². The number of halogens is 1. The Labute approximate surface area is 115 Å². The summed E-state index contributed by atoms with van der Waals surface area (Å²) in [5.74, 6) is 0. The molecule has 1 aliphatic rings. The Hall–Kier alpha value is 0.0900. The third-order valence-corrected chi connectivity index (χ3v) is 6.98. The molecule has 0 aliphatic heterocycles. The van der Waals surface area contributed by atoms with Gasteiger partial charge in [-0.05, 0) is 24.3 Å². The summed E-state index contributed by atoms with van der Waals surface area (Å²) in [5.41, 5.74) is 0. The van der Waals surface area contributed by atoms with Gasteiger partial charge in [-0.1, -0.05) is 41.3 Å². The number of rotatable bonds is 3. The summed E-state index contributed by atoms with van der Waals surface area (Å²) in [6.45, 7) is 0. The first-order valence-electron chi connectivity index (χ1n) is 5.79. The van der Waals surface area contributed by atoms with Gasteiger partial charge >= 0.3 is 0 Å².